The summed E-state index contributed by atoms with van der Waals surface area (Å²) in [5, 5.41) is 9.11. The normalized spacial score (nSPS) is 20.3. The quantitative estimate of drug-likeness (QED) is 0.851. The lowest BCUT2D eigenvalue weighted by molar-refractivity contribution is -0.142. The summed E-state index contributed by atoms with van der Waals surface area (Å²) in [5.41, 5.74) is 0.601. The van der Waals surface area contributed by atoms with Gasteiger partial charge in [-0.05, 0) is 37.0 Å². The number of rotatable bonds is 5. The van der Waals surface area contributed by atoms with Crippen LogP contribution >= 0.6 is 0 Å². The van der Waals surface area contributed by atoms with Crippen molar-refractivity contribution in [2.75, 3.05) is 6.54 Å². The predicted octanol–water partition coefficient (Wildman–Crippen LogP) is 1.10. The molecule has 1 heterocycles. The summed E-state index contributed by atoms with van der Waals surface area (Å²) in [7, 11) is -3.88. The van der Waals surface area contributed by atoms with Crippen LogP contribution < -0.4 is 4.72 Å². The van der Waals surface area contributed by atoms with E-state index in [1.165, 1.54) is 24.3 Å². The SMILES string of the molecule is O=C(O)C1CCCCN1S(=O)(=O)NCc1ccc(F)cc1. The first kappa shape index (κ1) is 15.9. The molecule has 0 radical (unpaired) electrons. The lowest BCUT2D eigenvalue weighted by atomic mass is 10.1. The lowest BCUT2D eigenvalue weighted by Gasteiger charge is -2.31. The van der Waals surface area contributed by atoms with Gasteiger partial charge in [-0.25, -0.2) is 4.39 Å². The Hall–Kier alpha value is -1.51. The number of carbonyl (C=O) groups is 1. The Bertz CT molecular complexity index is 603. The van der Waals surface area contributed by atoms with Crippen molar-refractivity contribution in [3.8, 4) is 0 Å². The number of nitrogens with one attached hydrogen (secondary N) is 1. The van der Waals surface area contributed by atoms with Gasteiger partial charge in [0, 0.05) is 13.1 Å². The average molecular weight is 316 g/mol. The molecule has 1 aliphatic rings. The van der Waals surface area contributed by atoms with E-state index in [0.717, 1.165) is 4.31 Å². The van der Waals surface area contributed by atoms with E-state index in [9.17, 15) is 17.6 Å². The van der Waals surface area contributed by atoms with E-state index >= 15 is 0 Å². The second kappa shape index (κ2) is 6.50. The van der Waals surface area contributed by atoms with Gasteiger partial charge in [0.25, 0.3) is 10.2 Å². The van der Waals surface area contributed by atoms with Crippen LogP contribution in [0.1, 0.15) is 24.8 Å². The van der Waals surface area contributed by atoms with E-state index in [2.05, 4.69) is 4.72 Å². The molecule has 1 fully saturated rings. The molecule has 1 aromatic carbocycles. The van der Waals surface area contributed by atoms with Crippen molar-refractivity contribution in [3.05, 3.63) is 35.6 Å². The highest BCUT2D eigenvalue weighted by Gasteiger charge is 2.36. The molecule has 0 saturated carbocycles. The molecule has 1 unspecified atom stereocenters. The second-order valence-corrected chi connectivity index (χ2v) is 6.62. The van der Waals surface area contributed by atoms with Crippen molar-refractivity contribution in [3.63, 3.8) is 0 Å². The van der Waals surface area contributed by atoms with Crippen LogP contribution in [0.4, 0.5) is 4.39 Å². The molecule has 21 heavy (non-hydrogen) atoms. The summed E-state index contributed by atoms with van der Waals surface area (Å²) in [6, 6.07) is 4.41. The molecular weight excluding hydrogens is 299 g/mol. The Balaban J connectivity index is 2.06. The predicted molar refractivity (Wildman–Crippen MR) is 74.1 cm³/mol. The molecule has 116 valence electrons. The molecule has 1 aliphatic heterocycles. The molecule has 6 nitrogen and oxygen atoms in total. The summed E-state index contributed by atoms with van der Waals surface area (Å²) in [4.78, 5) is 11.1. The molecular formula is C13H17FN2O4S. The van der Waals surface area contributed by atoms with Crippen LogP contribution in [0.2, 0.25) is 0 Å². The number of benzene rings is 1. The standard InChI is InChI=1S/C13H17FN2O4S/c14-11-6-4-10(5-7-11)9-15-21(19,20)16-8-2-1-3-12(16)13(17)18/h4-7,12,15H,1-3,8-9H2,(H,17,18). The monoisotopic (exact) mass is 316 g/mol. The lowest BCUT2D eigenvalue weighted by Crippen LogP contribution is -2.51. The molecule has 0 aromatic heterocycles. The largest absolute Gasteiger partial charge is 0.480 e. The maximum atomic E-state index is 12.8. The summed E-state index contributed by atoms with van der Waals surface area (Å²) in [6.07, 6.45) is 1.65. The number of halogens is 1. The zero-order valence-electron chi connectivity index (χ0n) is 11.3. The summed E-state index contributed by atoms with van der Waals surface area (Å²) < 4.78 is 40.6. The number of nitrogens with zero attached hydrogens (tertiary/aromatic N) is 1. The van der Waals surface area contributed by atoms with Crippen molar-refractivity contribution in [1.82, 2.24) is 9.03 Å². The second-order valence-electron chi connectivity index (χ2n) is 4.91. The molecule has 2 rings (SSSR count). The minimum Gasteiger partial charge on any atom is -0.480 e. The van der Waals surface area contributed by atoms with Crippen LogP contribution in [-0.2, 0) is 21.5 Å². The topological polar surface area (TPSA) is 86.7 Å². The molecule has 8 heteroatoms. The molecule has 0 aliphatic carbocycles. The Morgan fingerprint density at radius 1 is 1.33 bits per heavy atom. The molecule has 1 saturated heterocycles. The van der Waals surface area contributed by atoms with E-state index in [-0.39, 0.29) is 13.1 Å². The van der Waals surface area contributed by atoms with Crippen LogP contribution in [0.25, 0.3) is 0 Å². The van der Waals surface area contributed by atoms with E-state index < -0.39 is 28.0 Å². The van der Waals surface area contributed by atoms with Crippen LogP contribution in [0.15, 0.2) is 24.3 Å². The Labute approximate surface area is 122 Å². The fraction of sp³-hybridized carbons (Fsp3) is 0.462. The van der Waals surface area contributed by atoms with Gasteiger partial charge in [-0.3, -0.25) is 4.79 Å². The van der Waals surface area contributed by atoms with Crippen LogP contribution in [-0.4, -0.2) is 36.4 Å². The highest BCUT2D eigenvalue weighted by atomic mass is 32.2. The maximum Gasteiger partial charge on any atom is 0.322 e. The van der Waals surface area contributed by atoms with Crippen LogP contribution in [0.3, 0.4) is 0 Å². The van der Waals surface area contributed by atoms with Crippen molar-refractivity contribution in [2.45, 2.75) is 31.8 Å². The highest BCUT2D eigenvalue weighted by molar-refractivity contribution is 7.87. The van der Waals surface area contributed by atoms with Crippen molar-refractivity contribution in [1.29, 1.82) is 0 Å². The smallest absolute Gasteiger partial charge is 0.322 e. The Morgan fingerprint density at radius 3 is 2.62 bits per heavy atom. The number of hydrogen-bond donors (Lipinski definition) is 2. The van der Waals surface area contributed by atoms with E-state index in [4.69, 9.17) is 5.11 Å². The van der Waals surface area contributed by atoms with Crippen LogP contribution in [0.5, 0.6) is 0 Å². The van der Waals surface area contributed by atoms with Gasteiger partial charge in [-0.1, -0.05) is 12.1 Å². The Morgan fingerprint density at radius 2 is 2.00 bits per heavy atom. The number of carboxylic acid groups (broad SMARTS) is 1. The average Bonchev–Trinajstić information content (AvgIpc) is 2.47. The Kier molecular flexibility index (Phi) is 4.92. The molecule has 1 aromatic rings. The minimum absolute atomic E-state index is 0.00848. The van der Waals surface area contributed by atoms with Crippen molar-refractivity contribution in [2.24, 2.45) is 0 Å². The number of piperidine rings is 1. The molecule has 2 N–H and O–H groups in total. The third-order valence-corrected chi connectivity index (χ3v) is 4.98. The summed E-state index contributed by atoms with van der Waals surface area (Å²) in [5.74, 6) is -1.54. The molecule has 0 spiro atoms. The van der Waals surface area contributed by atoms with Gasteiger partial charge in [-0.15, -0.1) is 0 Å². The van der Waals surface area contributed by atoms with Gasteiger partial charge in [0.05, 0.1) is 0 Å². The third kappa shape index (κ3) is 3.99. The first-order valence-electron chi connectivity index (χ1n) is 6.64. The zero-order valence-corrected chi connectivity index (χ0v) is 12.1. The van der Waals surface area contributed by atoms with E-state index in [1.807, 2.05) is 0 Å². The first-order valence-corrected chi connectivity index (χ1v) is 8.08. The zero-order chi connectivity index (χ0) is 15.5. The summed E-state index contributed by atoms with van der Waals surface area (Å²) in [6.45, 7) is 0.182. The van der Waals surface area contributed by atoms with Gasteiger partial charge in [0.1, 0.15) is 11.9 Å². The summed E-state index contributed by atoms with van der Waals surface area (Å²) >= 11 is 0. The van der Waals surface area contributed by atoms with Gasteiger partial charge < -0.3 is 5.11 Å². The van der Waals surface area contributed by atoms with Gasteiger partial charge >= 0.3 is 5.97 Å². The maximum absolute atomic E-state index is 12.8. The van der Waals surface area contributed by atoms with Gasteiger partial charge in [0.2, 0.25) is 0 Å². The van der Waals surface area contributed by atoms with Crippen molar-refractivity contribution >= 4 is 16.2 Å². The first-order chi connectivity index (χ1) is 9.90. The minimum atomic E-state index is -3.88. The fourth-order valence-electron chi connectivity index (χ4n) is 2.30. The third-order valence-electron chi connectivity index (χ3n) is 3.42. The van der Waals surface area contributed by atoms with Crippen LogP contribution in [0, 0.1) is 5.82 Å². The number of hydrogen-bond acceptors (Lipinski definition) is 3. The molecule has 0 amide bonds. The number of carboxylic acids is 1. The van der Waals surface area contributed by atoms with E-state index in [0.29, 0.717) is 24.8 Å². The molecule has 0 bridgehead atoms. The highest BCUT2D eigenvalue weighted by Crippen LogP contribution is 2.20. The molecule has 1 atom stereocenters. The number of aliphatic carboxylic acids is 1. The van der Waals surface area contributed by atoms with Gasteiger partial charge in [-0.2, -0.15) is 17.4 Å². The van der Waals surface area contributed by atoms with Crippen molar-refractivity contribution < 1.29 is 22.7 Å². The van der Waals surface area contributed by atoms with Gasteiger partial charge in [0.15, 0.2) is 0 Å². The fourth-order valence-corrected chi connectivity index (χ4v) is 3.71. The van der Waals surface area contributed by atoms with E-state index in [1.54, 1.807) is 0 Å².